The van der Waals surface area contributed by atoms with Gasteiger partial charge in [-0.05, 0) is 69.7 Å². The Kier molecular flexibility index (Phi) is 5.26. The number of nitrogens with one attached hydrogen (secondary N) is 1. The molecule has 2 nitrogen and oxygen atoms in total. The Hall–Kier alpha value is -1.02. The SMILES string of the molecule is CNC(C)Cc1ccc(OC2CCC(C)CC2)cc1. The molecule has 0 spiro atoms. The van der Waals surface area contributed by atoms with E-state index >= 15 is 0 Å². The molecule has 1 atom stereocenters. The normalized spacial score (nSPS) is 25.0. The van der Waals surface area contributed by atoms with E-state index in [4.69, 9.17) is 4.74 Å². The van der Waals surface area contributed by atoms with Crippen LogP contribution in [0.15, 0.2) is 24.3 Å². The number of rotatable bonds is 5. The molecule has 19 heavy (non-hydrogen) atoms. The van der Waals surface area contributed by atoms with Crippen molar-refractivity contribution in [2.75, 3.05) is 7.05 Å². The molecule has 1 N–H and O–H groups in total. The van der Waals surface area contributed by atoms with Gasteiger partial charge in [-0.2, -0.15) is 0 Å². The maximum atomic E-state index is 6.07. The second-order valence-corrected chi connectivity index (χ2v) is 6.04. The van der Waals surface area contributed by atoms with E-state index in [9.17, 15) is 0 Å². The Labute approximate surface area is 117 Å². The fourth-order valence-corrected chi connectivity index (χ4v) is 2.70. The Morgan fingerprint density at radius 3 is 2.37 bits per heavy atom. The third kappa shape index (κ3) is 4.54. The number of hydrogen-bond acceptors (Lipinski definition) is 2. The predicted octanol–water partition coefficient (Wildman–Crippen LogP) is 3.79. The number of benzene rings is 1. The van der Waals surface area contributed by atoms with Crippen LogP contribution >= 0.6 is 0 Å². The zero-order valence-corrected chi connectivity index (χ0v) is 12.5. The van der Waals surface area contributed by atoms with Crippen molar-refractivity contribution in [2.24, 2.45) is 5.92 Å². The molecule has 0 aromatic heterocycles. The van der Waals surface area contributed by atoms with Gasteiger partial charge in [0, 0.05) is 6.04 Å². The summed E-state index contributed by atoms with van der Waals surface area (Å²) in [6.45, 7) is 4.54. The second-order valence-electron chi connectivity index (χ2n) is 6.04. The Balaban J connectivity index is 1.84. The minimum Gasteiger partial charge on any atom is -0.490 e. The number of ether oxygens (including phenoxy) is 1. The molecule has 1 aliphatic carbocycles. The largest absolute Gasteiger partial charge is 0.490 e. The van der Waals surface area contributed by atoms with Gasteiger partial charge in [0.2, 0.25) is 0 Å². The molecule has 1 aliphatic rings. The van der Waals surface area contributed by atoms with Gasteiger partial charge in [0.25, 0.3) is 0 Å². The molecule has 1 unspecified atom stereocenters. The summed E-state index contributed by atoms with van der Waals surface area (Å²) in [4.78, 5) is 0. The fourth-order valence-electron chi connectivity index (χ4n) is 2.70. The Morgan fingerprint density at radius 2 is 1.79 bits per heavy atom. The van der Waals surface area contributed by atoms with Crippen LogP contribution in [-0.2, 0) is 6.42 Å². The summed E-state index contributed by atoms with van der Waals surface area (Å²) < 4.78 is 6.07. The standard InChI is InChI=1S/C17H27NO/c1-13-4-8-16(9-5-13)19-17-10-6-15(7-11-17)12-14(2)18-3/h6-7,10-11,13-14,16,18H,4-5,8-9,12H2,1-3H3. The summed E-state index contributed by atoms with van der Waals surface area (Å²) in [5.41, 5.74) is 1.37. The summed E-state index contributed by atoms with van der Waals surface area (Å²) >= 11 is 0. The van der Waals surface area contributed by atoms with Crippen molar-refractivity contribution in [1.82, 2.24) is 5.32 Å². The first kappa shape index (κ1) is 14.4. The van der Waals surface area contributed by atoms with Crippen LogP contribution in [-0.4, -0.2) is 19.2 Å². The molecule has 0 aliphatic heterocycles. The molecule has 0 radical (unpaired) electrons. The smallest absolute Gasteiger partial charge is 0.119 e. The van der Waals surface area contributed by atoms with Gasteiger partial charge in [-0.25, -0.2) is 0 Å². The first-order valence-electron chi connectivity index (χ1n) is 7.60. The number of hydrogen-bond donors (Lipinski definition) is 1. The first-order chi connectivity index (χ1) is 9.17. The average Bonchev–Trinajstić information content (AvgIpc) is 2.43. The molecular weight excluding hydrogens is 234 g/mol. The van der Waals surface area contributed by atoms with Crippen molar-refractivity contribution in [3.05, 3.63) is 29.8 Å². The maximum absolute atomic E-state index is 6.07. The predicted molar refractivity (Wildman–Crippen MR) is 80.7 cm³/mol. The molecule has 1 saturated carbocycles. The lowest BCUT2D eigenvalue weighted by molar-refractivity contribution is 0.135. The van der Waals surface area contributed by atoms with Crippen LogP contribution in [0.1, 0.15) is 45.1 Å². The summed E-state index contributed by atoms with van der Waals surface area (Å²) in [5.74, 6) is 1.91. The van der Waals surface area contributed by atoms with E-state index in [1.54, 1.807) is 0 Å². The molecule has 1 aromatic carbocycles. The minimum atomic E-state index is 0.429. The lowest BCUT2D eigenvalue weighted by Gasteiger charge is -2.27. The quantitative estimate of drug-likeness (QED) is 0.870. The van der Waals surface area contributed by atoms with Crippen molar-refractivity contribution in [2.45, 2.75) is 58.1 Å². The van der Waals surface area contributed by atoms with Crippen LogP contribution in [0.4, 0.5) is 0 Å². The summed E-state index contributed by atoms with van der Waals surface area (Å²) in [5, 5.41) is 3.27. The first-order valence-corrected chi connectivity index (χ1v) is 7.60. The molecule has 1 aromatic rings. The third-order valence-corrected chi connectivity index (χ3v) is 4.22. The summed E-state index contributed by atoms with van der Waals surface area (Å²) in [7, 11) is 2.01. The molecule has 106 valence electrons. The van der Waals surface area contributed by atoms with Gasteiger partial charge in [0.05, 0.1) is 6.10 Å². The van der Waals surface area contributed by atoms with Crippen LogP contribution in [0.5, 0.6) is 5.75 Å². The molecule has 0 heterocycles. The van der Waals surface area contributed by atoms with Gasteiger partial charge in [-0.3, -0.25) is 0 Å². The van der Waals surface area contributed by atoms with Crippen LogP contribution in [0.3, 0.4) is 0 Å². The topological polar surface area (TPSA) is 21.3 Å². The second kappa shape index (κ2) is 6.95. The summed E-state index contributed by atoms with van der Waals surface area (Å²) in [6, 6.07) is 9.14. The molecule has 0 bridgehead atoms. The van der Waals surface area contributed by atoms with Gasteiger partial charge in [-0.1, -0.05) is 19.1 Å². The third-order valence-electron chi connectivity index (χ3n) is 4.22. The molecular formula is C17H27NO. The highest BCUT2D eigenvalue weighted by atomic mass is 16.5. The van der Waals surface area contributed by atoms with E-state index in [-0.39, 0.29) is 0 Å². The maximum Gasteiger partial charge on any atom is 0.119 e. The van der Waals surface area contributed by atoms with E-state index in [2.05, 4.69) is 43.4 Å². The minimum absolute atomic E-state index is 0.429. The van der Waals surface area contributed by atoms with E-state index in [0.29, 0.717) is 12.1 Å². The lowest BCUT2D eigenvalue weighted by Crippen LogP contribution is -2.24. The van der Waals surface area contributed by atoms with E-state index in [0.717, 1.165) is 18.1 Å². The fraction of sp³-hybridized carbons (Fsp3) is 0.647. The highest BCUT2D eigenvalue weighted by Crippen LogP contribution is 2.27. The van der Waals surface area contributed by atoms with E-state index < -0.39 is 0 Å². The highest BCUT2D eigenvalue weighted by Gasteiger charge is 2.19. The molecule has 0 saturated heterocycles. The average molecular weight is 261 g/mol. The monoisotopic (exact) mass is 261 g/mol. The van der Waals surface area contributed by atoms with Crippen LogP contribution in [0, 0.1) is 5.92 Å². The van der Waals surface area contributed by atoms with Crippen molar-refractivity contribution < 1.29 is 4.74 Å². The van der Waals surface area contributed by atoms with Crippen molar-refractivity contribution >= 4 is 0 Å². The number of likely N-dealkylation sites (N-methyl/N-ethyl adjacent to an activating group) is 1. The highest BCUT2D eigenvalue weighted by molar-refractivity contribution is 5.28. The van der Waals surface area contributed by atoms with E-state index in [1.807, 2.05) is 7.05 Å². The zero-order valence-electron chi connectivity index (χ0n) is 12.5. The van der Waals surface area contributed by atoms with E-state index in [1.165, 1.54) is 31.2 Å². The van der Waals surface area contributed by atoms with Crippen molar-refractivity contribution in [3.8, 4) is 5.75 Å². The molecule has 0 amide bonds. The van der Waals surface area contributed by atoms with Crippen molar-refractivity contribution in [3.63, 3.8) is 0 Å². The van der Waals surface area contributed by atoms with Gasteiger partial charge < -0.3 is 10.1 Å². The summed E-state index contributed by atoms with van der Waals surface area (Å²) in [6.07, 6.45) is 6.53. The van der Waals surface area contributed by atoms with Gasteiger partial charge >= 0.3 is 0 Å². The molecule has 2 rings (SSSR count). The van der Waals surface area contributed by atoms with Gasteiger partial charge in [-0.15, -0.1) is 0 Å². The van der Waals surface area contributed by atoms with Crippen LogP contribution in [0.25, 0.3) is 0 Å². The Bertz CT molecular complexity index is 365. The van der Waals surface area contributed by atoms with Crippen molar-refractivity contribution in [1.29, 1.82) is 0 Å². The van der Waals surface area contributed by atoms with Gasteiger partial charge in [0.1, 0.15) is 5.75 Å². The Morgan fingerprint density at radius 1 is 1.16 bits per heavy atom. The molecule has 1 fully saturated rings. The molecule has 2 heteroatoms. The zero-order chi connectivity index (χ0) is 13.7. The van der Waals surface area contributed by atoms with Crippen LogP contribution in [0.2, 0.25) is 0 Å². The lowest BCUT2D eigenvalue weighted by atomic mass is 9.89. The van der Waals surface area contributed by atoms with Gasteiger partial charge in [0.15, 0.2) is 0 Å². The van der Waals surface area contributed by atoms with Crippen LogP contribution < -0.4 is 10.1 Å².